The van der Waals surface area contributed by atoms with E-state index in [2.05, 4.69) is 38.2 Å². The minimum atomic E-state index is 1.15. The van der Waals surface area contributed by atoms with Gasteiger partial charge in [0.1, 0.15) is 0 Å². The zero-order valence-corrected chi connectivity index (χ0v) is 12.1. The van der Waals surface area contributed by atoms with Crippen LogP contribution in [0, 0.1) is 13.8 Å². The molecule has 98 valence electrons. The second-order valence-corrected chi connectivity index (χ2v) is 6.53. The first-order valence-electron chi connectivity index (χ1n) is 7.68. The number of rotatable bonds is 0. The molecule has 0 saturated heterocycles. The Hall–Kier alpha value is -1.82. The highest BCUT2D eigenvalue weighted by Crippen LogP contribution is 2.50. The number of benzene rings is 1. The van der Waals surface area contributed by atoms with Crippen molar-refractivity contribution < 1.29 is 0 Å². The summed E-state index contributed by atoms with van der Waals surface area (Å²) >= 11 is 0. The van der Waals surface area contributed by atoms with Crippen molar-refractivity contribution in [3.63, 3.8) is 0 Å². The fourth-order valence-corrected chi connectivity index (χ4v) is 4.73. The van der Waals surface area contributed by atoms with E-state index in [0.29, 0.717) is 0 Å². The second kappa shape index (κ2) is 3.44. The van der Waals surface area contributed by atoms with Crippen LogP contribution < -0.4 is 0 Å². The van der Waals surface area contributed by atoms with Gasteiger partial charge in [0.15, 0.2) is 0 Å². The number of fused-ring (bicyclic) bond motifs is 4. The van der Waals surface area contributed by atoms with Gasteiger partial charge in [-0.15, -0.1) is 0 Å². The average Bonchev–Trinajstić information content (AvgIpc) is 3.13. The zero-order valence-electron chi connectivity index (χ0n) is 12.1. The summed E-state index contributed by atoms with van der Waals surface area (Å²) in [5, 5.41) is 0. The summed E-state index contributed by atoms with van der Waals surface area (Å²) in [5.41, 5.74) is 16.0. The van der Waals surface area contributed by atoms with Crippen molar-refractivity contribution in [2.24, 2.45) is 0 Å². The summed E-state index contributed by atoms with van der Waals surface area (Å²) in [5.74, 6) is 0. The van der Waals surface area contributed by atoms with Crippen LogP contribution in [0.4, 0.5) is 0 Å². The highest BCUT2D eigenvalue weighted by molar-refractivity contribution is 5.91. The van der Waals surface area contributed by atoms with Gasteiger partial charge in [-0.3, -0.25) is 0 Å². The third-order valence-electron chi connectivity index (χ3n) is 5.65. The number of allylic oxidation sites excluding steroid dienone is 8. The van der Waals surface area contributed by atoms with Crippen molar-refractivity contribution in [1.29, 1.82) is 0 Å². The molecule has 0 amide bonds. The molecule has 1 aromatic carbocycles. The lowest BCUT2D eigenvalue weighted by Gasteiger charge is -2.19. The van der Waals surface area contributed by atoms with Crippen LogP contribution in [-0.4, -0.2) is 0 Å². The van der Waals surface area contributed by atoms with Crippen LogP contribution >= 0.6 is 0 Å². The molecule has 4 aliphatic carbocycles. The van der Waals surface area contributed by atoms with Gasteiger partial charge in [0.2, 0.25) is 0 Å². The van der Waals surface area contributed by atoms with E-state index in [1.54, 1.807) is 55.7 Å². The summed E-state index contributed by atoms with van der Waals surface area (Å²) in [4.78, 5) is 0. The first-order chi connectivity index (χ1) is 9.75. The molecule has 0 unspecified atom stereocenters. The normalized spacial score (nSPS) is 20.9. The molecule has 0 fully saturated rings. The van der Waals surface area contributed by atoms with Gasteiger partial charge in [-0.25, -0.2) is 0 Å². The van der Waals surface area contributed by atoms with Gasteiger partial charge in [0.05, 0.1) is 0 Å². The minimum Gasteiger partial charge on any atom is -0.0798 e. The van der Waals surface area contributed by atoms with Crippen molar-refractivity contribution in [3.8, 4) is 0 Å². The first-order valence-corrected chi connectivity index (χ1v) is 7.68. The van der Waals surface area contributed by atoms with Crippen LogP contribution in [0.3, 0.4) is 0 Å². The Morgan fingerprint density at radius 3 is 1.60 bits per heavy atom. The summed E-state index contributed by atoms with van der Waals surface area (Å²) in [6.45, 7) is 4.72. The van der Waals surface area contributed by atoms with Crippen LogP contribution in [0.5, 0.6) is 0 Å². The van der Waals surface area contributed by atoms with Crippen LogP contribution in [0.2, 0.25) is 0 Å². The smallest absolute Gasteiger partial charge is 0.00138 e. The Balaban J connectivity index is 1.80. The lowest BCUT2D eigenvalue weighted by atomic mass is 9.85. The van der Waals surface area contributed by atoms with Gasteiger partial charge >= 0.3 is 0 Å². The standard InChI is InChI=1S/C20H18/c1-11-17-9-13-5-4-8-16(13)20(17)12(2)18-10-14-6-3-7-15(14)19(11)18/h3-6H,7-10H2,1-2H3. The van der Waals surface area contributed by atoms with E-state index in [1.807, 2.05) is 0 Å². The summed E-state index contributed by atoms with van der Waals surface area (Å²) < 4.78 is 0. The summed E-state index contributed by atoms with van der Waals surface area (Å²) in [7, 11) is 0. The molecule has 0 nitrogen and oxygen atoms in total. The molecule has 0 bridgehead atoms. The highest BCUT2D eigenvalue weighted by atomic mass is 14.4. The molecule has 0 heteroatoms. The Bertz CT molecular complexity index is 737. The molecule has 5 rings (SSSR count). The van der Waals surface area contributed by atoms with Gasteiger partial charge in [-0.2, -0.15) is 0 Å². The Morgan fingerprint density at radius 1 is 0.700 bits per heavy atom. The fourth-order valence-electron chi connectivity index (χ4n) is 4.73. The van der Waals surface area contributed by atoms with E-state index in [0.717, 1.165) is 25.7 Å². The van der Waals surface area contributed by atoms with Crippen LogP contribution in [0.15, 0.2) is 35.5 Å². The van der Waals surface area contributed by atoms with Gasteiger partial charge < -0.3 is 0 Å². The molecule has 20 heavy (non-hydrogen) atoms. The lowest BCUT2D eigenvalue weighted by molar-refractivity contribution is 1.12. The van der Waals surface area contributed by atoms with Gasteiger partial charge in [-0.1, -0.05) is 24.3 Å². The van der Waals surface area contributed by atoms with Crippen molar-refractivity contribution in [2.75, 3.05) is 0 Å². The molecular formula is C20H18. The Labute approximate surface area is 120 Å². The van der Waals surface area contributed by atoms with Crippen LogP contribution in [0.25, 0.3) is 11.1 Å². The van der Waals surface area contributed by atoms with E-state index in [-0.39, 0.29) is 0 Å². The van der Waals surface area contributed by atoms with Gasteiger partial charge in [0, 0.05) is 0 Å². The molecule has 0 spiro atoms. The Kier molecular flexibility index (Phi) is 1.87. The predicted octanol–water partition coefficient (Wildman–Crippen LogP) is 4.84. The first kappa shape index (κ1) is 10.9. The quantitative estimate of drug-likeness (QED) is 0.624. The van der Waals surface area contributed by atoms with Crippen molar-refractivity contribution in [2.45, 2.75) is 39.5 Å². The molecule has 4 aliphatic rings. The largest absolute Gasteiger partial charge is 0.0798 e. The molecule has 0 aliphatic heterocycles. The lowest BCUT2D eigenvalue weighted by Crippen LogP contribution is -2.03. The molecule has 0 radical (unpaired) electrons. The fraction of sp³-hybridized carbons (Fsp3) is 0.300. The molecule has 0 aromatic heterocycles. The van der Waals surface area contributed by atoms with E-state index in [4.69, 9.17) is 0 Å². The molecule has 1 aromatic rings. The second-order valence-electron chi connectivity index (χ2n) is 6.53. The number of hydrogen-bond donors (Lipinski definition) is 0. The molecule has 0 atom stereocenters. The third kappa shape index (κ3) is 1.10. The summed E-state index contributed by atoms with van der Waals surface area (Å²) in [6, 6.07) is 0. The van der Waals surface area contributed by atoms with Crippen LogP contribution in [0.1, 0.15) is 46.2 Å². The zero-order chi connectivity index (χ0) is 13.4. The minimum absolute atomic E-state index is 1.15. The maximum absolute atomic E-state index is 2.36. The molecular weight excluding hydrogens is 240 g/mol. The van der Waals surface area contributed by atoms with E-state index in [9.17, 15) is 0 Å². The van der Waals surface area contributed by atoms with E-state index >= 15 is 0 Å². The van der Waals surface area contributed by atoms with Crippen LogP contribution in [-0.2, 0) is 12.8 Å². The van der Waals surface area contributed by atoms with Crippen molar-refractivity contribution >= 4 is 11.1 Å². The predicted molar refractivity (Wildman–Crippen MR) is 84.7 cm³/mol. The summed E-state index contributed by atoms with van der Waals surface area (Å²) in [6.07, 6.45) is 14.0. The van der Waals surface area contributed by atoms with Gasteiger partial charge in [0.25, 0.3) is 0 Å². The topological polar surface area (TPSA) is 0 Å². The van der Waals surface area contributed by atoms with E-state index in [1.165, 1.54) is 0 Å². The van der Waals surface area contributed by atoms with Crippen molar-refractivity contribution in [1.82, 2.24) is 0 Å². The average molecular weight is 258 g/mol. The molecule has 0 heterocycles. The maximum Gasteiger partial charge on any atom is -0.00138 e. The van der Waals surface area contributed by atoms with E-state index < -0.39 is 0 Å². The van der Waals surface area contributed by atoms with Gasteiger partial charge in [-0.05, 0) is 95.2 Å². The molecule has 0 saturated carbocycles. The highest BCUT2D eigenvalue weighted by Gasteiger charge is 2.33. The maximum atomic E-state index is 2.36. The van der Waals surface area contributed by atoms with Crippen molar-refractivity contribution in [3.05, 3.63) is 68.8 Å². The molecule has 0 N–H and O–H groups in total. The monoisotopic (exact) mass is 258 g/mol. The number of hydrogen-bond acceptors (Lipinski definition) is 0. The SMILES string of the molecule is Cc1c2c(c(C)c3c1C1=C(C=CC1)C3)C1=C(C=CC1)C2. The third-order valence-corrected chi connectivity index (χ3v) is 5.65. The Morgan fingerprint density at radius 2 is 1.15 bits per heavy atom.